The standard InChI is InChI=1S/C13H16ClN3S/c1-8(2)13-16-11(14)6-12(17-13)15-9(3)10-4-5-18-7-10/h4-9H,1-3H3,(H,15,16,17). The minimum Gasteiger partial charge on any atom is -0.363 e. The van der Waals surface area contributed by atoms with Crippen molar-refractivity contribution >= 4 is 28.8 Å². The SMILES string of the molecule is CC(C)c1nc(Cl)cc(NC(C)c2ccsc2)n1. The molecule has 0 fully saturated rings. The van der Waals surface area contributed by atoms with Crippen molar-refractivity contribution in [2.75, 3.05) is 5.32 Å². The Morgan fingerprint density at radius 1 is 1.28 bits per heavy atom. The zero-order valence-corrected chi connectivity index (χ0v) is 12.2. The van der Waals surface area contributed by atoms with Gasteiger partial charge in [-0.3, -0.25) is 0 Å². The van der Waals surface area contributed by atoms with Crippen molar-refractivity contribution in [3.8, 4) is 0 Å². The summed E-state index contributed by atoms with van der Waals surface area (Å²) in [5.74, 6) is 1.81. The summed E-state index contributed by atoms with van der Waals surface area (Å²) in [5, 5.41) is 8.03. The van der Waals surface area contributed by atoms with Crippen molar-refractivity contribution in [2.24, 2.45) is 0 Å². The molecule has 1 atom stereocenters. The van der Waals surface area contributed by atoms with Crippen molar-refractivity contribution in [3.05, 3.63) is 39.4 Å². The van der Waals surface area contributed by atoms with Crippen molar-refractivity contribution in [1.82, 2.24) is 9.97 Å². The number of nitrogens with zero attached hydrogens (tertiary/aromatic N) is 2. The number of nitrogens with one attached hydrogen (secondary N) is 1. The topological polar surface area (TPSA) is 37.8 Å². The number of thiophene rings is 1. The molecule has 0 saturated carbocycles. The van der Waals surface area contributed by atoms with Gasteiger partial charge in [0.05, 0.1) is 6.04 Å². The fourth-order valence-corrected chi connectivity index (χ4v) is 2.54. The van der Waals surface area contributed by atoms with Crippen molar-refractivity contribution in [3.63, 3.8) is 0 Å². The molecule has 0 aromatic carbocycles. The van der Waals surface area contributed by atoms with Crippen LogP contribution in [-0.4, -0.2) is 9.97 Å². The van der Waals surface area contributed by atoms with Crippen LogP contribution in [0.4, 0.5) is 5.82 Å². The summed E-state index contributed by atoms with van der Waals surface area (Å²) in [7, 11) is 0. The van der Waals surface area contributed by atoms with E-state index in [9.17, 15) is 0 Å². The smallest absolute Gasteiger partial charge is 0.135 e. The van der Waals surface area contributed by atoms with Crippen LogP contribution in [0.3, 0.4) is 0 Å². The Morgan fingerprint density at radius 3 is 2.67 bits per heavy atom. The predicted molar refractivity (Wildman–Crippen MR) is 77.5 cm³/mol. The fraction of sp³-hybridized carbons (Fsp3) is 0.385. The number of hydrogen-bond donors (Lipinski definition) is 1. The number of aromatic nitrogens is 2. The minimum atomic E-state index is 0.210. The summed E-state index contributed by atoms with van der Waals surface area (Å²) in [6, 6.07) is 4.08. The maximum atomic E-state index is 6.01. The van der Waals surface area contributed by atoms with E-state index in [1.165, 1.54) is 5.56 Å². The maximum absolute atomic E-state index is 6.01. The van der Waals surface area contributed by atoms with E-state index in [0.717, 1.165) is 11.6 Å². The van der Waals surface area contributed by atoms with Gasteiger partial charge in [0.1, 0.15) is 16.8 Å². The molecule has 0 aliphatic rings. The first-order chi connectivity index (χ1) is 8.56. The average Bonchev–Trinajstić information content (AvgIpc) is 2.81. The highest BCUT2D eigenvalue weighted by molar-refractivity contribution is 7.07. The van der Waals surface area contributed by atoms with E-state index < -0.39 is 0 Å². The molecule has 18 heavy (non-hydrogen) atoms. The van der Waals surface area contributed by atoms with Gasteiger partial charge in [-0.05, 0) is 29.3 Å². The van der Waals surface area contributed by atoms with Crippen LogP contribution in [0, 0.1) is 0 Å². The van der Waals surface area contributed by atoms with Gasteiger partial charge in [-0.15, -0.1) is 0 Å². The summed E-state index contributed by atoms with van der Waals surface area (Å²) in [6.45, 7) is 6.21. The van der Waals surface area contributed by atoms with Crippen molar-refractivity contribution in [2.45, 2.75) is 32.7 Å². The Morgan fingerprint density at radius 2 is 2.06 bits per heavy atom. The summed E-state index contributed by atoms with van der Waals surface area (Å²) < 4.78 is 0. The highest BCUT2D eigenvalue weighted by atomic mass is 35.5. The Kier molecular flexibility index (Phi) is 4.19. The normalized spacial score (nSPS) is 12.7. The third-order valence-corrected chi connectivity index (χ3v) is 3.53. The van der Waals surface area contributed by atoms with Crippen LogP contribution in [0.5, 0.6) is 0 Å². The van der Waals surface area contributed by atoms with Gasteiger partial charge in [0.25, 0.3) is 0 Å². The quantitative estimate of drug-likeness (QED) is 0.839. The summed E-state index contributed by atoms with van der Waals surface area (Å²) >= 11 is 7.70. The summed E-state index contributed by atoms with van der Waals surface area (Å²) in [4.78, 5) is 8.70. The lowest BCUT2D eigenvalue weighted by Gasteiger charge is -2.14. The molecule has 2 rings (SSSR count). The van der Waals surface area contributed by atoms with Gasteiger partial charge >= 0.3 is 0 Å². The van der Waals surface area contributed by atoms with E-state index in [2.05, 4.69) is 52.9 Å². The van der Waals surface area contributed by atoms with Crippen LogP contribution in [-0.2, 0) is 0 Å². The second-order valence-electron chi connectivity index (χ2n) is 4.51. The molecule has 0 amide bonds. The lowest BCUT2D eigenvalue weighted by atomic mass is 10.2. The third kappa shape index (κ3) is 3.21. The molecule has 0 bridgehead atoms. The van der Waals surface area contributed by atoms with Crippen LogP contribution in [0.25, 0.3) is 0 Å². The molecule has 2 aromatic heterocycles. The Hall–Kier alpha value is -1.13. The van der Waals surface area contributed by atoms with Crippen LogP contribution in [0.15, 0.2) is 22.9 Å². The molecular weight excluding hydrogens is 266 g/mol. The molecule has 1 N–H and O–H groups in total. The maximum Gasteiger partial charge on any atom is 0.135 e. The molecule has 0 aliphatic heterocycles. The van der Waals surface area contributed by atoms with Crippen LogP contribution in [0.2, 0.25) is 5.15 Å². The van der Waals surface area contributed by atoms with E-state index in [-0.39, 0.29) is 12.0 Å². The fourth-order valence-electron chi connectivity index (χ4n) is 1.59. The predicted octanol–water partition coefficient (Wildman–Crippen LogP) is 4.49. The van der Waals surface area contributed by atoms with E-state index >= 15 is 0 Å². The highest BCUT2D eigenvalue weighted by Gasteiger charge is 2.10. The molecular formula is C13H16ClN3S. The van der Waals surface area contributed by atoms with Gasteiger partial charge in [0.2, 0.25) is 0 Å². The summed E-state index contributed by atoms with van der Waals surface area (Å²) in [5.41, 5.74) is 1.25. The third-order valence-electron chi connectivity index (χ3n) is 2.64. The first-order valence-corrected chi connectivity index (χ1v) is 7.21. The van der Waals surface area contributed by atoms with Gasteiger partial charge in [-0.2, -0.15) is 11.3 Å². The van der Waals surface area contributed by atoms with Gasteiger partial charge in [0, 0.05) is 12.0 Å². The Balaban J connectivity index is 2.18. The highest BCUT2D eigenvalue weighted by Crippen LogP contribution is 2.22. The summed E-state index contributed by atoms with van der Waals surface area (Å²) in [6.07, 6.45) is 0. The minimum absolute atomic E-state index is 0.210. The number of rotatable bonds is 4. The monoisotopic (exact) mass is 281 g/mol. The molecule has 5 heteroatoms. The lowest BCUT2D eigenvalue weighted by Crippen LogP contribution is -2.09. The zero-order valence-electron chi connectivity index (χ0n) is 10.6. The van der Waals surface area contributed by atoms with Gasteiger partial charge in [-0.1, -0.05) is 25.4 Å². The molecule has 0 radical (unpaired) electrons. The van der Waals surface area contributed by atoms with E-state index in [4.69, 9.17) is 11.6 Å². The van der Waals surface area contributed by atoms with E-state index in [1.54, 1.807) is 17.4 Å². The molecule has 0 aliphatic carbocycles. The molecule has 1 unspecified atom stereocenters. The molecule has 96 valence electrons. The Bertz CT molecular complexity index is 511. The van der Waals surface area contributed by atoms with Crippen molar-refractivity contribution in [1.29, 1.82) is 0 Å². The first-order valence-electron chi connectivity index (χ1n) is 5.89. The van der Waals surface area contributed by atoms with Crippen LogP contribution < -0.4 is 5.32 Å². The molecule has 2 heterocycles. The molecule has 2 aromatic rings. The van der Waals surface area contributed by atoms with E-state index in [0.29, 0.717) is 5.15 Å². The molecule has 0 saturated heterocycles. The largest absolute Gasteiger partial charge is 0.363 e. The lowest BCUT2D eigenvalue weighted by molar-refractivity contribution is 0.768. The molecule has 3 nitrogen and oxygen atoms in total. The number of anilines is 1. The number of hydrogen-bond acceptors (Lipinski definition) is 4. The second kappa shape index (κ2) is 5.67. The first kappa shape index (κ1) is 13.3. The van der Waals surface area contributed by atoms with Crippen LogP contribution in [0.1, 0.15) is 44.1 Å². The molecule has 0 spiro atoms. The van der Waals surface area contributed by atoms with Gasteiger partial charge < -0.3 is 5.32 Å². The second-order valence-corrected chi connectivity index (χ2v) is 5.68. The Labute approximate surface area is 116 Å². The van der Waals surface area contributed by atoms with Crippen molar-refractivity contribution < 1.29 is 0 Å². The van der Waals surface area contributed by atoms with Gasteiger partial charge in [-0.25, -0.2) is 9.97 Å². The zero-order chi connectivity index (χ0) is 13.1. The number of halogens is 1. The average molecular weight is 282 g/mol. The van der Waals surface area contributed by atoms with E-state index in [1.807, 2.05) is 0 Å². The van der Waals surface area contributed by atoms with Gasteiger partial charge in [0.15, 0.2) is 0 Å². The van der Waals surface area contributed by atoms with Crippen LogP contribution >= 0.6 is 22.9 Å².